The highest BCUT2D eigenvalue weighted by molar-refractivity contribution is 7.19. The van der Waals surface area contributed by atoms with Gasteiger partial charge in [0.15, 0.2) is 0 Å². The second-order valence-corrected chi connectivity index (χ2v) is 5.74. The minimum absolute atomic E-state index is 0.585. The molecular formula is C16H15NOS. The van der Waals surface area contributed by atoms with Crippen LogP contribution in [0.25, 0.3) is 10.1 Å². The highest BCUT2D eigenvalue weighted by Crippen LogP contribution is 2.30. The molecule has 96 valence electrons. The minimum atomic E-state index is 0.585. The number of fused-ring (bicyclic) bond motifs is 1. The highest BCUT2D eigenvalue weighted by atomic mass is 32.1. The maximum Gasteiger partial charge on any atom is 0.122 e. The molecule has 1 aromatic heterocycles. The first-order valence-corrected chi connectivity index (χ1v) is 7.00. The van der Waals surface area contributed by atoms with Gasteiger partial charge in [-0.25, -0.2) is 0 Å². The van der Waals surface area contributed by atoms with Crippen LogP contribution in [0.4, 0.5) is 5.69 Å². The van der Waals surface area contributed by atoms with E-state index >= 15 is 0 Å². The van der Waals surface area contributed by atoms with E-state index in [1.807, 2.05) is 24.3 Å². The van der Waals surface area contributed by atoms with Crippen LogP contribution in [0.2, 0.25) is 0 Å². The molecular weight excluding hydrogens is 254 g/mol. The summed E-state index contributed by atoms with van der Waals surface area (Å²) in [5, 5.41) is 1.12. The molecule has 3 rings (SSSR count). The van der Waals surface area contributed by atoms with Crippen molar-refractivity contribution in [2.45, 2.75) is 13.5 Å². The molecule has 0 radical (unpaired) electrons. The van der Waals surface area contributed by atoms with Crippen molar-refractivity contribution in [2.75, 3.05) is 5.73 Å². The van der Waals surface area contributed by atoms with Crippen molar-refractivity contribution in [2.24, 2.45) is 0 Å². The maximum absolute atomic E-state index is 5.96. The molecule has 0 aliphatic carbocycles. The summed E-state index contributed by atoms with van der Waals surface area (Å²) in [4.78, 5) is 1.19. The number of nitrogen functional groups attached to an aromatic ring is 1. The number of hydrogen-bond acceptors (Lipinski definition) is 3. The molecule has 0 amide bonds. The van der Waals surface area contributed by atoms with Crippen LogP contribution in [0, 0.1) is 6.92 Å². The number of hydrogen-bond donors (Lipinski definition) is 1. The van der Waals surface area contributed by atoms with E-state index in [-0.39, 0.29) is 0 Å². The molecule has 0 fully saturated rings. The fraction of sp³-hybridized carbons (Fsp3) is 0.125. The van der Waals surface area contributed by atoms with Gasteiger partial charge in [0, 0.05) is 20.7 Å². The van der Waals surface area contributed by atoms with Gasteiger partial charge in [0.2, 0.25) is 0 Å². The number of nitrogens with two attached hydrogens (primary N) is 1. The van der Waals surface area contributed by atoms with E-state index in [0.717, 1.165) is 16.8 Å². The van der Waals surface area contributed by atoms with Crippen molar-refractivity contribution in [3.8, 4) is 5.75 Å². The molecule has 0 saturated heterocycles. The summed E-state index contributed by atoms with van der Waals surface area (Å²) in [6, 6.07) is 16.2. The lowest BCUT2D eigenvalue weighted by atomic mass is 10.2. The molecule has 0 atom stereocenters. The van der Waals surface area contributed by atoms with Crippen LogP contribution in [0.3, 0.4) is 0 Å². The summed E-state index contributed by atoms with van der Waals surface area (Å²) < 4.78 is 7.00. The van der Waals surface area contributed by atoms with Gasteiger partial charge in [0.1, 0.15) is 12.4 Å². The van der Waals surface area contributed by atoms with Gasteiger partial charge in [-0.1, -0.05) is 23.8 Å². The summed E-state index contributed by atoms with van der Waals surface area (Å²) in [6.07, 6.45) is 0. The van der Waals surface area contributed by atoms with E-state index in [1.54, 1.807) is 11.3 Å². The maximum atomic E-state index is 5.96. The third kappa shape index (κ3) is 2.56. The Labute approximate surface area is 116 Å². The second kappa shape index (κ2) is 4.94. The van der Waals surface area contributed by atoms with Gasteiger partial charge in [-0.3, -0.25) is 0 Å². The topological polar surface area (TPSA) is 35.2 Å². The molecule has 2 aromatic carbocycles. The summed E-state index contributed by atoms with van der Waals surface area (Å²) in [6.45, 7) is 2.65. The average Bonchev–Trinajstić information content (AvgIpc) is 2.83. The van der Waals surface area contributed by atoms with E-state index in [2.05, 4.69) is 31.2 Å². The quantitative estimate of drug-likeness (QED) is 0.716. The summed E-state index contributed by atoms with van der Waals surface area (Å²) >= 11 is 1.73. The van der Waals surface area contributed by atoms with Gasteiger partial charge in [-0.05, 0) is 37.3 Å². The predicted molar refractivity (Wildman–Crippen MR) is 81.7 cm³/mol. The monoisotopic (exact) mass is 269 g/mol. The zero-order valence-corrected chi connectivity index (χ0v) is 11.5. The molecule has 3 heteroatoms. The zero-order chi connectivity index (χ0) is 13.2. The lowest BCUT2D eigenvalue weighted by Gasteiger charge is -2.04. The fourth-order valence-electron chi connectivity index (χ4n) is 2.00. The molecule has 3 aromatic rings. The van der Waals surface area contributed by atoms with Crippen LogP contribution in [-0.2, 0) is 6.61 Å². The third-order valence-corrected chi connectivity index (χ3v) is 4.12. The molecule has 0 saturated carbocycles. The summed E-state index contributed by atoms with van der Waals surface area (Å²) in [7, 11) is 0. The van der Waals surface area contributed by atoms with Gasteiger partial charge >= 0.3 is 0 Å². The Morgan fingerprint density at radius 2 is 1.89 bits per heavy atom. The molecule has 0 aliphatic heterocycles. The Balaban J connectivity index is 1.78. The summed E-state index contributed by atoms with van der Waals surface area (Å²) in [5.74, 6) is 0.899. The van der Waals surface area contributed by atoms with Gasteiger partial charge in [-0.2, -0.15) is 0 Å². The van der Waals surface area contributed by atoms with Crippen molar-refractivity contribution in [3.63, 3.8) is 0 Å². The number of rotatable bonds is 3. The molecule has 19 heavy (non-hydrogen) atoms. The molecule has 0 aliphatic rings. The Hall–Kier alpha value is -2.00. The molecule has 2 nitrogen and oxygen atoms in total. The van der Waals surface area contributed by atoms with Crippen molar-refractivity contribution < 1.29 is 4.74 Å². The first-order chi connectivity index (χ1) is 9.22. The van der Waals surface area contributed by atoms with E-state index in [1.165, 1.54) is 15.1 Å². The number of benzene rings is 2. The number of anilines is 1. The van der Waals surface area contributed by atoms with Crippen molar-refractivity contribution >= 4 is 27.1 Å². The lowest BCUT2D eigenvalue weighted by Crippen LogP contribution is -1.92. The van der Waals surface area contributed by atoms with Crippen molar-refractivity contribution in [1.82, 2.24) is 0 Å². The van der Waals surface area contributed by atoms with Crippen LogP contribution < -0.4 is 10.5 Å². The van der Waals surface area contributed by atoms with Crippen LogP contribution in [0.1, 0.15) is 10.4 Å². The van der Waals surface area contributed by atoms with Crippen LogP contribution >= 0.6 is 11.3 Å². The van der Waals surface area contributed by atoms with E-state index in [0.29, 0.717) is 6.61 Å². The predicted octanol–water partition coefficient (Wildman–Crippen LogP) is 4.37. The molecule has 0 bridgehead atoms. The fourth-order valence-corrected chi connectivity index (χ4v) is 3.01. The number of thiophene rings is 1. The Morgan fingerprint density at radius 3 is 2.63 bits per heavy atom. The number of ether oxygens (including phenoxy) is 1. The summed E-state index contributed by atoms with van der Waals surface area (Å²) in [5.41, 5.74) is 8.03. The van der Waals surface area contributed by atoms with E-state index in [9.17, 15) is 0 Å². The average molecular weight is 269 g/mol. The van der Waals surface area contributed by atoms with Crippen molar-refractivity contribution in [1.29, 1.82) is 0 Å². The van der Waals surface area contributed by atoms with E-state index < -0.39 is 0 Å². The lowest BCUT2D eigenvalue weighted by molar-refractivity contribution is 0.310. The highest BCUT2D eigenvalue weighted by Gasteiger charge is 2.04. The third-order valence-electron chi connectivity index (χ3n) is 3.05. The standard InChI is InChI=1S/C16H15NOS/c1-11-5-7-12(8-6-11)18-10-13-9-14-15(17)3-2-4-16(14)19-13/h2-9H,10,17H2,1H3. The first kappa shape index (κ1) is 12.1. The molecule has 1 heterocycles. The van der Waals surface area contributed by atoms with Gasteiger partial charge in [0.25, 0.3) is 0 Å². The number of aryl methyl sites for hydroxylation is 1. The normalized spacial score (nSPS) is 10.8. The minimum Gasteiger partial charge on any atom is -0.488 e. The van der Waals surface area contributed by atoms with Crippen molar-refractivity contribution in [3.05, 3.63) is 59.0 Å². The van der Waals surface area contributed by atoms with Gasteiger partial charge in [-0.15, -0.1) is 11.3 Å². The second-order valence-electron chi connectivity index (χ2n) is 4.57. The molecule has 0 unspecified atom stereocenters. The Morgan fingerprint density at radius 1 is 1.11 bits per heavy atom. The Kier molecular flexibility index (Phi) is 3.13. The van der Waals surface area contributed by atoms with Gasteiger partial charge in [0.05, 0.1) is 0 Å². The zero-order valence-electron chi connectivity index (χ0n) is 10.7. The van der Waals surface area contributed by atoms with Crippen LogP contribution in [0.15, 0.2) is 48.5 Å². The molecule has 0 spiro atoms. The molecule has 2 N–H and O–H groups in total. The van der Waals surface area contributed by atoms with Crippen LogP contribution in [-0.4, -0.2) is 0 Å². The SMILES string of the molecule is Cc1ccc(OCc2cc3c(N)cccc3s2)cc1. The van der Waals surface area contributed by atoms with Gasteiger partial charge < -0.3 is 10.5 Å². The van der Waals surface area contributed by atoms with E-state index in [4.69, 9.17) is 10.5 Å². The first-order valence-electron chi connectivity index (χ1n) is 6.19. The largest absolute Gasteiger partial charge is 0.488 e. The smallest absolute Gasteiger partial charge is 0.122 e. The van der Waals surface area contributed by atoms with Crippen LogP contribution in [0.5, 0.6) is 5.75 Å². The Bertz CT molecular complexity index is 700.